The molecule has 0 radical (unpaired) electrons. The maximum atomic E-state index is 13.4. The van der Waals surface area contributed by atoms with Gasteiger partial charge in [-0.3, -0.25) is 14.2 Å². The van der Waals surface area contributed by atoms with Gasteiger partial charge in [-0.25, -0.2) is 24.0 Å². The maximum absolute atomic E-state index is 13.4. The van der Waals surface area contributed by atoms with E-state index in [0.717, 1.165) is 10.6 Å². The van der Waals surface area contributed by atoms with Gasteiger partial charge in [0.05, 0.1) is 29.1 Å². The molecule has 0 aliphatic carbocycles. The van der Waals surface area contributed by atoms with Crippen LogP contribution in [0.25, 0.3) is 16.7 Å². The zero-order valence-electron chi connectivity index (χ0n) is 13.8. The standard InChI is InChI=1S/C17H12FN7O2/c18-11-1-3-14-13(5-11)17(27)24(10-21-14)7-16(26)23-12-2-4-15(20-6-12)25-9-19-8-22-25/h1-6,8-10H,7H2,(H,23,26). The number of amides is 1. The largest absolute Gasteiger partial charge is 0.323 e. The Morgan fingerprint density at radius 1 is 1.15 bits per heavy atom. The van der Waals surface area contributed by atoms with Crippen LogP contribution in [-0.2, 0) is 11.3 Å². The lowest BCUT2D eigenvalue weighted by atomic mass is 10.2. The molecule has 1 amide bonds. The third-order valence-electron chi connectivity index (χ3n) is 3.79. The third-order valence-corrected chi connectivity index (χ3v) is 3.79. The average molecular weight is 365 g/mol. The zero-order valence-corrected chi connectivity index (χ0v) is 13.8. The molecule has 1 N–H and O–H groups in total. The molecule has 0 fully saturated rings. The van der Waals surface area contributed by atoms with Crippen molar-refractivity contribution in [2.45, 2.75) is 6.54 Å². The van der Waals surface area contributed by atoms with Gasteiger partial charge in [-0.1, -0.05) is 0 Å². The maximum Gasteiger partial charge on any atom is 0.261 e. The quantitative estimate of drug-likeness (QED) is 0.581. The van der Waals surface area contributed by atoms with Crippen molar-refractivity contribution < 1.29 is 9.18 Å². The number of carbonyl (C=O) groups is 1. The normalized spacial score (nSPS) is 10.9. The van der Waals surface area contributed by atoms with Crippen molar-refractivity contribution in [1.82, 2.24) is 29.3 Å². The first-order valence-corrected chi connectivity index (χ1v) is 7.86. The molecule has 3 heterocycles. The molecule has 0 atom stereocenters. The van der Waals surface area contributed by atoms with Crippen molar-refractivity contribution >= 4 is 22.5 Å². The molecule has 10 heteroatoms. The molecule has 9 nitrogen and oxygen atoms in total. The highest BCUT2D eigenvalue weighted by molar-refractivity contribution is 5.90. The number of nitrogens with zero attached hydrogens (tertiary/aromatic N) is 6. The van der Waals surface area contributed by atoms with Gasteiger partial charge in [-0.15, -0.1) is 0 Å². The van der Waals surface area contributed by atoms with E-state index in [2.05, 4.69) is 25.4 Å². The van der Waals surface area contributed by atoms with Crippen molar-refractivity contribution in [2.24, 2.45) is 0 Å². The molecule has 0 spiro atoms. The van der Waals surface area contributed by atoms with E-state index in [1.54, 1.807) is 12.1 Å². The number of halogens is 1. The summed E-state index contributed by atoms with van der Waals surface area (Å²) in [6.07, 6.45) is 5.61. The Balaban J connectivity index is 1.50. The monoisotopic (exact) mass is 365 g/mol. The number of hydrogen-bond acceptors (Lipinski definition) is 6. The van der Waals surface area contributed by atoms with Gasteiger partial charge in [0, 0.05) is 0 Å². The summed E-state index contributed by atoms with van der Waals surface area (Å²) in [5, 5.41) is 6.71. The Hall–Kier alpha value is -3.95. The average Bonchev–Trinajstić information content (AvgIpc) is 3.20. The minimum Gasteiger partial charge on any atom is -0.323 e. The molecular weight excluding hydrogens is 353 g/mol. The van der Waals surface area contributed by atoms with E-state index >= 15 is 0 Å². The molecule has 0 saturated carbocycles. The van der Waals surface area contributed by atoms with Crippen molar-refractivity contribution in [2.75, 3.05) is 5.32 Å². The molecule has 134 valence electrons. The van der Waals surface area contributed by atoms with Gasteiger partial charge in [0.1, 0.15) is 25.0 Å². The minimum atomic E-state index is -0.540. The van der Waals surface area contributed by atoms with Gasteiger partial charge >= 0.3 is 0 Å². The fraction of sp³-hybridized carbons (Fsp3) is 0.0588. The van der Waals surface area contributed by atoms with Crippen LogP contribution in [0, 0.1) is 5.82 Å². The van der Waals surface area contributed by atoms with Crippen LogP contribution in [0.15, 0.2) is 60.3 Å². The Labute approximate surface area is 151 Å². The molecule has 4 aromatic rings. The van der Waals surface area contributed by atoms with Crippen LogP contribution in [0.5, 0.6) is 0 Å². The van der Waals surface area contributed by atoms with Gasteiger partial charge in [0.15, 0.2) is 5.82 Å². The lowest BCUT2D eigenvalue weighted by molar-refractivity contribution is -0.116. The second kappa shape index (κ2) is 6.75. The van der Waals surface area contributed by atoms with Crippen LogP contribution in [0.3, 0.4) is 0 Å². The summed E-state index contributed by atoms with van der Waals surface area (Å²) in [6, 6.07) is 7.06. The molecule has 27 heavy (non-hydrogen) atoms. The molecule has 0 bridgehead atoms. The number of nitrogens with one attached hydrogen (secondary N) is 1. The number of fused-ring (bicyclic) bond motifs is 1. The predicted octanol–water partition coefficient (Wildman–Crippen LogP) is 1.15. The number of rotatable bonds is 4. The Bertz CT molecular complexity index is 1170. The highest BCUT2D eigenvalue weighted by Gasteiger charge is 2.10. The lowest BCUT2D eigenvalue weighted by Crippen LogP contribution is -2.28. The van der Waals surface area contributed by atoms with Crippen LogP contribution < -0.4 is 10.9 Å². The fourth-order valence-corrected chi connectivity index (χ4v) is 2.52. The summed E-state index contributed by atoms with van der Waals surface area (Å²) >= 11 is 0. The summed E-state index contributed by atoms with van der Waals surface area (Å²) < 4.78 is 16.0. The summed E-state index contributed by atoms with van der Waals surface area (Å²) in [4.78, 5) is 36.7. The van der Waals surface area contributed by atoms with Crippen molar-refractivity contribution in [3.63, 3.8) is 0 Å². The van der Waals surface area contributed by atoms with Gasteiger partial charge in [0.25, 0.3) is 5.56 Å². The van der Waals surface area contributed by atoms with Gasteiger partial charge < -0.3 is 5.32 Å². The molecule has 0 aliphatic heterocycles. The van der Waals surface area contributed by atoms with Gasteiger partial charge in [0.2, 0.25) is 5.91 Å². The summed E-state index contributed by atoms with van der Waals surface area (Å²) in [5.74, 6) is -0.436. The topological polar surface area (TPSA) is 108 Å². The first kappa shape index (κ1) is 16.5. The smallest absolute Gasteiger partial charge is 0.261 e. The summed E-state index contributed by atoms with van der Waals surface area (Å²) in [7, 11) is 0. The van der Waals surface area contributed by atoms with Gasteiger partial charge in [-0.05, 0) is 30.3 Å². The Morgan fingerprint density at radius 2 is 2.04 bits per heavy atom. The highest BCUT2D eigenvalue weighted by Crippen LogP contribution is 2.10. The van der Waals surface area contributed by atoms with Crippen LogP contribution in [-0.4, -0.2) is 35.2 Å². The number of pyridine rings is 1. The molecule has 1 aromatic carbocycles. The van der Waals surface area contributed by atoms with E-state index in [-0.39, 0.29) is 11.9 Å². The van der Waals surface area contributed by atoms with Crippen molar-refractivity contribution in [1.29, 1.82) is 0 Å². The molecule has 3 aromatic heterocycles. The highest BCUT2D eigenvalue weighted by atomic mass is 19.1. The van der Waals surface area contributed by atoms with E-state index in [4.69, 9.17) is 0 Å². The minimum absolute atomic E-state index is 0.115. The number of benzene rings is 1. The van der Waals surface area contributed by atoms with Crippen LogP contribution >= 0.6 is 0 Å². The number of hydrogen-bond donors (Lipinski definition) is 1. The molecule has 0 saturated heterocycles. The van der Waals surface area contributed by atoms with Crippen LogP contribution in [0.4, 0.5) is 10.1 Å². The molecule has 0 unspecified atom stereocenters. The van der Waals surface area contributed by atoms with Crippen molar-refractivity contribution in [3.8, 4) is 5.82 Å². The summed E-state index contributed by atoms with van der Waals surface area (Å²) in [6.45, 7) is -0.261. The Morgan fingerprint density at radius 3 is 2.78 bits per heavy atom. The molecule has 4 rings (SSSR count). The van der Waals surface area contributed by atoms with E-state index in [0.29, 0.717) is 17.0 Å². The van der Waals surface area contributed by atoms with Crippen LogP contribution in [0.2, 0.25) is 0 Å². The summed E-state index contributed by atoms with van der Waals surface area (Å²) in [5.41, 5.74) is 0.331. The zero-order chi connectivity index (χ0) is 18.8. The molecular formula is C17H12FN7O2. The van der Waals surface area contributed by atoms with E-state index in [9.17, 15) is 14.0 Å². The van der Waals surface area contributed by atoms with E-state index in [1.165, 1.54) is 42.0 Å². The predicted molar refractivity (Wildman–Crippen MR) is 93.7 cm³/mol. The van der Waals surface area contributed by atoms with E-state index in [1.807, 2.05) is 0 Å². The second-order valence-electron chi connectivity index (χ2n) is 5.63. The van der Waals surface area contributed by atoms with Crippen LogP contribution in [0.1, 0.15) is 0 Å². The second-order valence-corrected chi connectivity index (χ2v) is 5.63. The fourth-order valence-electron chi connectivity index (χ4n) is 2.52. The van der Waals surface area contributed by atoms with Gasteiger partial charge in [-0.2, -0.15) is 5.10 Å². The number of anilines is 1. The number of aromatic nitrogens is 6. The first-order valence-electron chi connectivity index (χ1n) is 7.86. The van der Waals surface area contributed by atoms with Crippen molar-refractivity contribution in [3.05, 3.63) is 71.7 Å². The molecule has 0 aliphatic rings. The number of carbonyl (C=O) groups excluding carboxylic acids is 1. The van der Waals surface area contributed by atoms with E-state index < -0.39 is 17.3 Å². The first-order chi connectivity index (χ1) is 13.1. The third kappa shape index (κ3) is 3.40. The SMILES string of the molecule is O=C(Cn1cnc2ccc(F)cc2c1=O)Nc1ccc(-n2cncn2)nc1. The Kier molecular flexibility index (Phi) is 4.13. The lowest BCUT2D eigenvalue weighted by Gasteiger charge is -2.08.